The van der Waals surface area contributed by atoms with Gasteiger partial charge in [0.05, 0.1) is 5.56 Å². The Morgan fingerprint density at radius 3 is 2.47 bits per heavy atom. The van der Waals surface area contributed by atoms with Crippen molar-refractivity contribution >= 4 is 18.2 Å². The second-order valence-corrected chi connectivity index (χ2v) is 4.40. The van der Waals surface area contributed by atoms with E-state index in [4.69, 9.17) is 4.74 Å². The highest BCUT2D eigenvalue weighted by molar-refractivity contribution is 5.75. The number of anilines is 1. The molecule has 0 unspecified atom stereocenters. The summed E-state index contributed by atoms with van der Waals surface area (Å²) in [6.45, 7) is 5.36. The van der Waals surface area contributed by atoms with E-state index in [1.54, 1.807) is 20.8 Å². The lowest BCUT2D eigenvalue weighted by Gasteiger charge is -2.19. The first-order chi connectivity index (χ1) is 7.90. The van der Waals surface area contributed by atoms with E-state index in [0.29, 0.717) is 11.8 Å². The number of aldehydes is 1. The lowest BCUT2D eigenvalue weighted by Crippen LogP contribution is -2.28. The number of rotatable bonds is 4. The molecule has 0 atom stereocenters. The van der Waals surface area contributed by atoms with Crippen molar-refractivity contribution in [2.24, 2.45) is 0 Å². The normalized spacial score (nSPS) is 10.8. The lowest BCUT2D eigenvalue weighted by molar-refractivity contribution is -0.152. The molecule has 0 saturated heterocycles. The maximum atomic E-state index is 11.4. The molecule has 1 rings (SSSR count). The average molecular weight is 237 g/mol. The van der Waals surface area contributed by atoms with Crippen LogP contribution in [0.1, 0.15) is 31.1 Å². The van der Waals surface area contributed by atoms with E-state index in [9.17, 15) is 9.59 Å². The number of nitrogens with zero attached hydrogens (tertiary/aromatic N) is 2. The van der Waals surface area contributed by atoms with Gasteiger partial charge in [-0.2, -0.15) is 0 Å². The Balaban J connectivity index is 2.44. The number of carbonyl (C=O) groups is 2. The Labute approximate surface area is 99.4 Å². The Bertz CT molecular complexity index is 395. The van der Waals surface area contributed by atoms with Gasteiger partial charge in [0.25, 0.3) is 0 Å². The van der Waals surface area contributed by atoms with Crippen LogP contribution in [-0.4, -0.2) is 34.4 Å². The molecule has 6 nitrogen and oxygen atoms in total. The number of aromatic nitrogens is 2. The van der Waals surface area contributed by atoms with Gasteiger partial charge in [-0.25, -0.2) is 9.97 Å². The molecule has 1 heterocycles. The number of nitrogens with one attached hydrogen (secondary N) is 1. The Morgan fingerprint density at radius 1 is 1.41 bits per heavy atom. The van der Waals surface area contributed by atoms with Crippen LogP contribution in [0.4, 0.5) is 5.95 Å². The van der Waals surface area contributed by atoms with Gasteiger partial charge < -0.3 is 10.1 Å². The van der Waals surface area contributed by atoms with Crippen molar-refractivity contribution in [3.8, 4) is 0 Å². The number of carbonyl (C=O) groups excluding carboxylic acids is 2. The maximum Gasteiger partial charge on any atom is 0.325 e. The van der Waals surface area contributed by atoms with E-state index in [1.807, 2.05) is 0 Å². The van der Waals surface area contributed by atoms with Gasteiger partial charge in [-0.05, 0) is 20.8 Å². The summed E-state index contributed by atoms with van der Waals surface area (Å²) in [6.07, 6.45) is 3.40. The van der Waals surface area contributed by atoms with Gasteiger partial charge >= 0.3 is 5.97 Å². The molecule has 1 aromatic rings. The standard InChI is InChI=1S/C11H15N3O3/c1-11(2,3)17-9(16)6-14-10-12-4-8(7-15)5-13-10/h4-5,7H,6H2,1-3H3,(H,12,13,14). The smallest absolute Gasteiger partial charge is 0.325 e. The van der Waals surface area contributed by atoms with Crippen LogP contribution in [0.25, 0.3) is 0 Å². The van der Waals surface area contributed by atoms with Crippen molar-refractivity contribution in [2.45, 2.75) is 26.4 Å². The van der Waals surface area contributed by atoms with Crippen LogP contribution in [-0.2, 0) is 9.53 Å². The first kappa shape index (κ1) is 13.1. The number of hydrogen-bond donors (Lipinski definition) is 1. The van der Waals surface area contributed by atoms with Crippen molar-refractivity contribution in [3.05, 3.63) is 18.0 Å². The first-order valence-electron chi connectivity index (χ1n) is 5.13. The van der Waals surface area contributed by atoms with Crippen LogP contribution in [0.15, 0.2) is 12.4 Å². The Kier molecular flexibility index (Phi) is 4.14. The van der Waals surface area contributed by atoms with Gasteiger partial charge in [0.2, 0.25) is 5.95 Å². The molecule has 0 bridgehead atoms. The molecule has 0 aromatic carbocycles. The molecule has 0 aliphatic heterocycles. The molecule has 92 valence electrons. The zero-order chi connectivity index (χ0) is 12.9. The Hall–Kier alpha value is -1.98. The quantitative estimate of drug-likeness (QED) is 0.622. The minimum absolute atomic E-state index is 0.0162. The predicted molar refractivity (Wildman–Crippen MR) is 61.8 cm³/mol. The fraction of sp³-hybridized carbons (Fsp3) is 0.455. The molecule has 17 heavy (non-hydrogen) atoms. The summed E-state index contributed by atoms with van der Waals surface area (Å²) in [6, 6.07) is 0. The summed E-state index contributed by atoms with van der Waals surface area (Å²) in [4.78, 5) is 29.4. The maximum absolute atomic E-state index is 11.4. The van der Waals surface area contributed by atoms with Gasteiger partial charge in [-0.15, -0.1) is 0 Å². The summed E-state index contributed by atoms with van der Waals surface area (Å²) in [7, 11) is 0. The summed E-state index contributed by atoms with van der Waals surface area (Å²) in [5.74, 6) is -0.109. The minimum Gasteiger partial charge on any atom is -0.459 e. The van der Waals surface area contributed by atoms with E-state index in [0.717, 1.165) is 0 Å². The van der Waals surface area contributed by atoms with Crippen molar-refractivity contribution in [3.63, 3.8) is 0 Å². The minimum atomic E-state index is -0.513. The highest BCUT2D eigenvalue weighted by Crippen LogP contribution is 2.07. The largest absolute Gasteiger partial charge is 0.459 e. The molecule has 0 fully saturated rings. The average Bonchev–Trinajstić information content (AvgIpc) is 2.25. The molecular weight excluding hydrogens is 222 g/mol. The van der Waals surface area contributed by atoms with E-state index < -0.39 is 5.60 Å². The molecule has 0 radical (unpaired) electrons. The second-order valence-electron chi connectivity index (χ2n) is 4.40. The number of esters is 1. The molecule has 0 saturated carbocycles. The van der Waals surface area contributed by atoms with Crippen LogP contribution in [0, 0.1) is 0 Å². The summed E-state index contributed by atoms with van der Waals surface area (Å²) < 4.78 is 5.09. The molecule has 0 aliphatic carbocycles. The van der Waals surface area contributed by atoms with Gasteiger partial charge in [0.15, 0.2) is 6.29 Å². The molecule has 1 N–H and O–H groups in total. The van der Waals surface area contributed by atoms with Crippen molar-refractivity contribution in [1.29, 1.82) is 0 Å². The van der Waals surface area contributed by atoms with Crippen LogP contribution in [0.5, 0.6) is 0 Å². The van der Waals surface area contributed by atoms with Crippen LogP contribution in [0.3, 0.4) is 0 Å². The third kappa shape index (κ3) is 5.05. The summed E-state index contributed by atoms with van der Waals surface area (Å²) in [5.41, 5.74) is -0.131. The number of ether oxygens (including phenoxy) is 1. The van der Waals surface area contributed by atoms with Crippen molar-refractivity contribution < 1.29 is 14.3 Å². The lowest BCUT2D eigenvalue weighted by atomic mass is 10.2. The summed E-state index contributed by atoms with van der Waals surface area (Å²) in [5, 5.41) is 2.71. The predicted octanol–water partition coefficient (Wildman–Crippen LogP) is 1.04. The third-order valence-corrected chi connectivity index (χ3v) is 1.62. The molecular formula is C11H15N3O3. The van der Waals surface area contributed by atoms with Crippen molar-refractivity contribution in [1.82, 2.24) is 9.97 Å². The van der Waals surface area contributed by atoms with Gasteiger partial charge in [0, 0.05) is 12.4 Å². The fourth-order valence-electron chi connectivity index (χ4n) is 1.02. The SMILES string of the molecule is CC(C)(C)OC(=O)CNc1ncc(C=O)cn1. The van der Waals surface area contributed by atoms with Crippen molar-refractivity contribution in [2.75, 3.05) is 11.9 Å². The highest BCUT2D eigenvalue weighted by Gasteiger charge is 2.15. The van der Waals surface area contributed by atoms with E-state index in [2.05, 4.69) is 15.3 Å². The molecule has 0 amide bonds. The molecule has 0 aliphatic rings. The van der Waals surface area contributed by atoms with Crippen LogP contribution < -0.4 is 5.32 Å². The Morgan fingerprint density at radius 2 is 2.00 bits per heavy atom. The molecule has 1 aromatic heterocycles. The molecule has 0 spiro atoms. The third-order valence-electron chi connectivity index (χ3n) is 1.62. The second kappa shape index (κ2) is 5.38. The zero-order valence-electron chi connectivity index (χ0n) is 10.1. The first-order valence-corrected chi connectivity index (χ1v) is 5.13. The van der Waals surface area contributed by atoms with Gasteiger partial charge in [0.1, 0.15) is 12.1 Å². The van der Waals surface area contributed by atoms with Gasteiger partial charge in [-0.1, -0.05) is 0 Å². The van der Waals surface area contributed by atoms with E-state index in [-0.39, 0.29) is 18.5 Å². The van der Waals surface area contributed by atoms with Gasteiger partial charge in [-0.3, -0.25) is 9.59 Å². The fourth-order valence-corrected chi connectivity index (χ4v) is 1.02. The summed E-state index contributed by atoms with van der Waals surface area (Å²) >= 11 is 0. The van der Waals surface area contributed by atoms with Crippen LogP contribution >= 0.6 is 0 Å². The zero-order valence-corrected chi connectivity index (χ0v) is 10.1. The highest BCUT2D eigenvalue weighted by atomic mass is 16.6. The monoisotopic (exact) mass is 237 g/mol. The molecule has 6 heteroatoms. The number of hydrogen-bond acceptors (Lipinski definition) is 6. The van der Waals surface area contributed by atoms with E-state index >= 15 is 0 Å². The van der Waals surface area contributed by atoms with E-state index in [1.165, 1.54) is 12.4 Å². The van der Waals surface area contributed by atoms with Crippen LogP contribution in [0.2, 0.25) is 0 Å². The topological polar surface area (TPSA) is 81.2 Å².